The number of halogens is 1. The van der Waals surface area contributed by atoms with Crippen LogP contribution in [0, 0.1) is 6.92 Å². The Balaban J connectivity index is 0.00000529. The summed E-state index contributed by atoms with van der Waals surface area (Å²) in [7, 11) is 1.76. The molecule has 1 aromatic carbocycles. The second-order valence-electron chi connectivity index (χ2n) is 5.91. The number of unbranched alkanes of at least 4 members (excludes halogenated alkanes) is 3. The van der Waals surface area contributed by atoms with Gasteiger partial charge in [-0.25, -0.2) is 4.99 Å². The summed E-state index contributed by atoms with van der Waals surface area (Å²) < 4.78 is 5.07. The highest BCUT2D eigenvalue weighted by Gasteiger charge is 1.99. The highest BCUT2D eigenvalue weighted by atomic mass is 127. The molecule has 0 atom stereocenters. The van der Waals surface area contributed by atoms with E-state index in [0.29, 0.717) is 6.54 Å². The Hall–Kier alpha value is -0.820. The van der Waals surface area contributed by atoms with E-state index < -0.39 is 0 Å². The number of nitrogens with zero attached hydrogens (tertiary/aromatic N) is 1. The van der Waals surface area contributed by atoms with E-state index in [1.54, 1.807) is 7.11 Å². The molecule has 0 bridgehead atoms. The summed E-state index contributed by atoms with van der Waals surface area (Å²) in [5.41, 5.74) is 2.53. The lowest BCUT2D eigenvalue weighted by molar-refractivity contribution is 0.192. The van der Waals surface area contributed by atoms with Crippen molar-refractivity contribution >= 4 is 29.9 Å². The zero-order valence-corrected chi connectivity index (χ0v) is 17.8. The van der Waals surface area contributed by atoms with Crippen molar-refractivity contribution < 1.29 is 4.74 Å². The van der Waals surface area contributed by atoms with Gasteiger partial charge in [-0.15, -0.1) is 24.0 Å². The molecule has 0 radical (unpaired) electrons. The molecular weight excluding hydrogens is 413 g/mol. The molecule has 24 heavy (non-hydrogen) atoms. The lowest BCUT2D eigenvalue weighted by atomic mass is 10.1. The Morgan fingerprint density at radius 3 is 2.29 bits per heavy atom. The van der Waals surface area contributed by atoms with Crippen LogP contribution in [0.1, 0.15) is 50.2 Å². The summed E-state index contributed by atoms with van der Waals surface area (Å²) in [5.74, 6) is 0.922. The molecule has 4 nitrogen and oxygen atoms in total. The Bertz CT molecular complexity index is 435. The summed E-state index contributed by atoms with van der Waals surface area (Å²) in [6, 6.07) is 8.57. The van der Waals surface area contributed by atoms with Crippen molar-refractivity contribution in [1.82, 2.24) is 10.6 Å². The molecule has 0 aliphatic heterocycles. The number of aliphatic imine (C=N–C) groups is 1. The summed E-state index contributed by atoms with van der Waals surface area (Å²) in [6.45, 7) is 7.80. The first-order valence-corrected chi connectivity index (χ1v) is 8.83. The van der Waals surface area contributed by atoms with E-state index in [0.717, 1.165) is 38.5 Å². The van der Waals surface area contributed by atoms with Gasteiger partial charge in [0.1, 0.15) is 0 Å². The smallest absolute Gasteiger partial charge is 0.191 e. The van der Waals surface area contributed by atoms with E-state index >= 15 is 0 Å². The van der Waals surface area contributed by atoms with Crippen LogP contribution in [0.4, 0.5) is 0 Å². The average Bonchev–Trinajstić information content (AvgIpc) is 2.56. The van der Waals surface area contributed by atoms with Gasteiger partial charge in [-0.1, -0.05) is 43.2 Å². The van der Waals surface area contributed by atoms with Crippen molar-refractivity contribution in [2.45, 2.75) is 52.5 Å². The lowest BCUT2D eigenvalue weighted by Gasteiger charge is -2.12. The fourth-order valence-electron chi connectivity index (χ4n) is 2.18. The predicted molar refractivity (Wildman–Crippen MR) is 114 cm³/mol. The normalized spacial score (nSPS) is 11.0. The van der Waals surface area contributed by atoms with Crippen molar-refractivity contribution in [3.63, 3.8) is 0 Å². The second kappa shape index (κ2) is 15.7. The Labute approximate surface area is 164 Å². The van der Waals surface area contributed by atoms with E-state index in [2.05, 4.69) is 48.7 Å². The van der Waals surface area contributed by atoms with E-state index in [1.807, 2.05) is 0 Å². The molecule has 138 valence electrons. The molecule has 0 aliphatic carbocycles. The first-order chi connectivity index (χ1) is 11.3. The van der Waals surface area contributed by atoms with Gasteiger partial charge in [0.15, 0.2) is 5.96 Å². The van der Waals surface area contributed by atoms with Gasteiger partial charge in [-0.2, -0.15) is 0 Å². The van der Waals surface area contributed by atoms with E-state index in [-0.39, 0.29) is 24.0 Å². The van der Waals surface area contributed by atoms with Crippen LogP contribution in [0.2, 0.25) is 0 Å². The van der Waals surface area contributed by atoms with Crippen molar-refractivity contribution in [3.8, 4) is 0 Å². The molecule has 0 spiro atoms. The molecule has 0 saturated heterocycles. The molecule has 5 heteroatoms. The molecule has 0 heterocycles. The topological polar surface area (TPSA) is 45.7 Å². The summed E-state index contributed by atoms with van der Waals surface area (Å²) in [6.07, 6.45) is 5.80. The molecule has 0 fully saturated rings. The molecule has 2 N–H and O–H groups in total. The van der Waals surface area contributed by atoms with Crippen molar-refractivity contribution in [2.75, 3.05) is 26.8 Å². The molecule has 1 rings (SSSR count). The predicted octanol–water partition coefficient (Wildman–Crippen LogP) is 4.27. The summed E-state index contributed by atoms with van der Waals surface area (Å²) in [4.78, 5) is 4.70. The van der Waals surface area contributed by atoms with Gasteiger partial charge in [0.25, 0.3) is 0 Å². The lowest BCUT2D eigenvalue weighted by Crippen LogP contribution is -2.38. The van der Waals surface area contributed by atoms with Crippen LogP contribution in [0.3, 0.4) is 0 Å². The first kappa shape index (κ1) is 23.2. The third kappa shape index (κ3) is 11.7. The zero-order chi connectivity index (χ0) is 16.8. The number of aryl methyl sites for hydroxylation is 1. The van der Waals surface area contributed by atoms with Crippen LogP contribution in [-0.2, 0) is 11.3 Å². The van der Waals surface area contributed by atoms with Crippen LogP contribution in [0.5, 0.6) is 0 Å². The van der Waals surface area contributed by atoms with E-state index in [9.17, 15) is 0 Å². The van der Waals surface area contributed by atoms with Crippen LogP contribution >= 0.6 is 24.0 Å². The molecule has 0 amide bonds. The average molecular weight is 447 g/mol. The first-order valence-electron chi connectivity index (χ1n) is 8.83. The monoisotopic (exact) mass is 447 g/mol. The Kier molecular flexibility index (Phi) is 15.2. The van der Waals surface area contributed by atoms with Gasteiger partial charge in [-0.3, -0.25) is 0 Å². The maximum absolute atomic E-state index is 5.07. The summed E-state index contributed by atoms with van der Waals surface area (Å²) >= 11 is 0. The number of benzene rings is 1. The number of nitrogens with one attached hydrogen (secondary N) is 2. The molecule has 0 aliphatic rings. The van der Waals surface area contributed by atoms with Crippen LogP contribution in [0.25, 0.3) is 0 Å². The molecule has 0 aromatic heterocycles. The zero-order valence-electron chi connectivity index (χ0n) is 15.4. The highest BCUT2D eigenvalue weighted by molar-refractivity contribution is 14.0. The van der Waals surface area contributed by atoms with Gasteiger partial charge in [-0.05, 0) is 38.2 Å². The quantitative estimate of drug-likeness (QED) is 0.231. The molecule has 1 aromatic rings. The molecule has 0 saturated carbocycles. The number of guanidine groups is 1. The number of methoxy groups -OCH3 is 1. The van der Waals surface area contributed by atoms with E-state index in [1.165, 1.54) is 30.4 Å². The van der Waals surface area contributed by atoms with Gasteiger partial charge in [0, 0.05) is 26.8 Å². The summed E-state index contributed by atoms with van der Waals surface area (Å²) in [5, 5.41) is 6.85. The van der Waals surface area contributed by atoms with Crippen LogP contribution in [-0.4, -0.2) is 32.8 Å². The largest absolute Gasteiger partial charge is 0.385 e. The Morgan fingerprint density at radius 1 is 1.00 bits per heavy atom. The van der Waals surface area contributed by atoms with E-state index in [4.69, 9.17) is 9.73 Å². The third-order valence-corrected chi connectivity index (χ3v) is 3.68. The second-order valence-corrected chi connectivity index (χ2v) is 5.91. The maximum Gasteiger partial charge on any atom is 0.191 e. The SMILES string of the molecule is CCCCNC(=NCc1ccc(C)cc1)NCCCCCOC.I. The Morgan fingerprint density at radius 2 is 1.67 bits per heavy atom. The van der Waals surface area contributed by atoms with Crippen molar-refractivity contribution in [2.24, 2.45) is 4.99 Å². The van der Waals surface area contributed by atoms with Crippen molar-refractivity contribution in [1.29, 1.82) is 0 Å². The fraction of sp³-hybridized carbons (Fsp3) is 0.632. The number of ether oxygens (including phenoxy) is 1. The molecule has 0 unspecified atom stereocenters. The van der Waals surface area contributed by atoms with Gasteiger partial charge in [0.2, 0.25) is 0 Å². The van der Waals surface area contributed by atoms with Crippen LogP contribution < -0.4 is 10.6 Å². The molecular formula is C19H34IN3O. The van der Waals surface area contributed by atoms with Gasteiger partial charge in [0.05, 0.1) is 6.54 Å². The van der Waals surface area contributed by atoms with Gasteiger partial charge >= 0.3 is 0 Å². The highest BCUT2D eigenvalue weighted by Crippen LogP contribution is 2.04. The number of hydrogen-bond donors (Lipinski definition) is 2. The van der Waals surface area contributed by atoms with Crippen LogP contribution in [0.15, 0.2) is 29.3 Å². The number of rotatable bonds is 11. The maximum atomic E-state index is 5.07. The minimum atomic E-state index is 0. The standard InChI is InChI=1S/C19H33N3O.HI/c1-4-5-13-20-19(21-14-7-6-8-15-23-3)22-16-18-11-9-17(2)10-12-18;/h9-12H,4-8,13-16H2,1-3H3,(H2,20,21,22);1H. The number of hydrogen-bond acceptors (Lipinski definition) is 2. The van der Waals surface area contributed by atoms with Gasteiger partial charge < -0.3 is 15.4 Å². The minimum Gasteiger partial charge on any atom is -0.385 e. The third-order valence-electron chi connectivity index (χ3n) is 3.68. The minimum absolute atomic E-state index is 0. The fourth-order valence-corrected chi connectivity index (χ4v) is 2.18. The van der Waals surface area contributed by atoms with Crippen molar-refractivity contribution in [3.05, 3.63) is 35.4 Å².